The lowest BCUT2D eigenvalue weighted by molar-refractivity contribution is 0.669. The summed E-state index contributed by atoms with van der Waals surface area (Å²) in [6.07, 6.45) is 0. The lowest BCUT2D eigenvalue weighted by Crippen LogP contribution is -2.33. The van der Waals surface area contributed by atoms with Gasteiger partial charge in [0.2, 0.25) is 0 Å². The third-order valence-electron chi connectivity index (χ3n) is 17.4. The maximum atomic E-state index is 6.24. The highest BCUT2D eigenvalue weighted by atomic mass is 16.3. The molecule has 0 saturated carbocycles. The third-order valence-corrected chi connectivity index (χ3v) is 17.4. The highest BCUT2D eigenvalue weighted by molar-refractivity contribution is 6.14. The van der Waals surface area contributed by atoms with Gasteiger partial charge < -0.3 is 13.9 Å². The summed E-state index contributed by atoms with van der Waals surface area (Å²) in [5, 5.41) is 7.15. The smallest absolute Gasteiger partial charge is 0.135 e. The Balaban J connectivity index is 0.867. The van der Waals surface area contributed by atoms with Crippen LogP contribution in [0.25, 0.3) is 116 Å². The molecule has 2 aromatic heterocycles. The minimum Gasteiger partial charge on any atom is -0.456 e. The van der Waals surface area contributed by atoms with Gasteiger partial charge in [0.1, 0.15) is 11.2 Å². The molecule has 3 nitrogen and oxygen atoms in total. The Morgan fingerprint density at radius 3 is 1.75 bits per heavy atom. The number of hydrogen-bond donors (Lipinski definition) is 0. The number of hydrogen-bond acceptors (Lipinski definition) is 2. The molecular weight excluding hydrogens is 969 g/mol. The SMILES string of the molecule is c1ccc(-c2ccccc2-c2ccccc2N(c2ccc(-c3ccc4oc5ccccc5c4c3)cc2)c2ccc(-c3ccc4c(c3)C3(c5ccccc5-4)c4ccccc4-n4c5ccccc5c5cccc3c54)c3ccccc23)cc1. The van der Waals surface area contributed by atoms with E-state index in [2.05, 4.69) is 289 Å². The van der Waals surface area contributed by atoms with Crippen LogP contribution in [-0.4, -0.2) is 4.57 Å². The van der Waals surface area contributed by atoms with E-state index < -0.39 is 5.41 Å². The molecule has 3 heterocycles. The topological polar surface area (TPSA) is 21.3 Å². The molecule has 1 unspecified atom stereocenters. The fourth-order valence-corrected chi connectivity index (χ4v) is 14.1. The normalized spacial score (nSPS) is 14.1. The molecule has 372 valence electrons. The van der Waals surface area contributed by atoms with E-state index in [1.807, 2.05) is 12.1 Å². The van der Waals surface area contributed by atoms with Crippen molar-refractivity contribution in [2.75, 3.05) is 4.90 Å². The highest BCUT2D eigenvalue weighted by Gasteiger charge is 2.51. The lowest BCUT2D eigenvalue weighted by atomic mass is 9.65. The predicted molar refractivity (Wildman–Crippen MR) is 333 cm³/mol. The van der Waals surface area contributed by atoms with Gasteiger partial charge in [0.05, 0.1) is 33.5 Å². The molecule has 0 bridgehead atoms. The first-order valence-electron chi connectivity index (χ1n) is 27.7. The van der Waals surface area contributed by atoms with Gasteiger partial charge in [-0.05, 0) is 138 Å². The van der Waals surface area contributed by atoms with E-state index in [1.54, 1.807) is 0 Å². The number of anilines is 3. The van der Waals surface area contributed by atoms with Crippen molar-refractivity contribution in [2.45, 2.75) is 5.41 Å². The molecule has 0 N–H and O–H groups in total. The van der Waals surface area contributed by atoms with E-state index >= 15 is 0 Å². The van der Waals surface area contributed by atoms with Gasteiger partial charge in [-0.3, -0.25) is 0 Å². The van der Waals surface area contributed by atoms with Crippen LogP contribution in [0.15, 0.2) is 296 Å². The molecule has 0 saturated heterocycles. The van der Waals surface area contributed by atoms with Gasteiger partial charge >= 0.3 is 0 Å². The first kappa shape index (κ1) is 44.6. The fraction of sp³-hybridized carbons (Fsp3) is 0.0130. The zero-order chi connectivity index (χ0) is 52.5. The molecule has 17 rings (SSSR count). The Morgan fingerprint density at radius 2 is 0.887 bits per heavy atom. The standard InChI is InChI=1S/C77H48N2O/c1-2-19-50(20-3-1)54-21-4-5-22-56(54)60-26-9-14-33-70(60)78(53-41-37-49(38-42-53)51-40-46-75-65(47-51)63-28-11-17-36-74(63)80-75)72-45-44-55(57-23-6-7-25-61(57)72)52-39-43-59-58-24-8-12-30-66(58)77(69(59)48-52)67-31-13-16-35-73(67)79-71-34-15-10-27-62(71)64-29-18-32-68(77)76(64)79/h1-48H. The molecule has 13 aromatic carbocycles. The van der Waals surface area contributed by atoms with Gasteiger partial charge in [0, 0.05) is 38.2 Å². The zero-order valence-corrected chi connectivity index (χ0v) is 43.5. The van der Waals surface area contributed by atoms with Crippen LogP contribution < -0.4 is 4.90 Å². The molecule has 2 aliphatic rings. The Labute approximate surface area is 463 Å². The van der Waals surface area contributed by atoms with Gasteiger partial charge in [0.15, 0.2) is 0 Å². The second-order valence-corrected chi connectivity index (χ2v) is 21.4. The van der Waals surface area contributed by atoms with Crippen LogP contribution in [0.3, 0.4) is 0 Å². The number of para-hydroxylation sites is 5. The summed E-state index contributed by atoms with van der Waals surface area (Å²) in [4.78, 5) is 2.48. The van der Waals surface area contributed by atoms with Crippen molar-refractivity contribution in [1.82, 2.24) is 4.57 Å². The molecule has 15 aromatic rings. The monoisotopic (exact) mass is 1020 g/mol. The van der Waals surface area contributed by atoms with Crippen molar-refractivity contribution in [3.05, 3.63) is 313 Å². The minimum absolute atomic E-state index is 0.557. The fourth-order valence-electron chi connectivity index (χ4n) is 14.1. The summed E-state index contributed by atoms with van der Waals surface area (Å²) >= 11 is 0. The Bertz CT molecular complexity index is 5020. The Kier molecular flexibility index (Phi) is 9.63. The quantitative estimate of drug-likeness (QED) is 0.159. The van der Waals surface area contributed by atoms with Crippen molar-refractivity contribution in [3.8, 4) is 61.3 Å². The minimum atomic E-state index is -0.557. The molecule has 1 atom stereocenters. The molecule has 0 amide bonds. The average Bonchev–Trinajstić information content (AvgIpc) is 2.87. The summed E-state index contributed by atoms with van der Waals surface area (Å²) in [6, 6.07) is 108. The highest BCUT2D eigenvalue weighted by Crippen LogP contribution is 2.62. The van der Waals surface area contributed by atoms with Crippen LogP contribution in [0.2, 0.25) is 0 Å². The van der Waals surface area contributed by atoms with Crippen LogP contribution in [0.4, 0.5) is 17.1 Å². The number of fused-ring (bicyclic) bond motifs is 16. The summed E-state index contributed by atoms with van der Waals surface area (Å²) in [7, 11) is 0. The molecule has 0 fully saturated rings. The van der Waals surface area contributed by atoms with E-state index in [0.717, 1.165) is 61.1 Å². The van der Waals surface area contributed by atoms with E-state index in [9.17, 15) is 0 Å². The molecular formula is C77H48N2O. The largest absolute Gasteiger partial charge is 0.456 e. The Hall–Kier alpha value is -10.5. The van der Waals surface area contributed by atoms with Gasteiger partial charge in [-0.25, -0.2) is 0 Å². The molecule has 0 radical (unpaired) electrons. The van der Waals surface area contributed by atoms with E-state index in [-0.39, 0.29) is 0 Å². The van der Waals surface area contributed by atoms with E-state index in [1.165, 1.54) is 94.1 Å². The molecule has 1 aliphatic carbocycles. The first-order chi connectivity index (χ1) is 39.7. The van der Waals surface area contributed by atoms with Crippen LogP contribution in [0.1, 0.15) is 22.3 Å². The number of nitrogens with zero attached hydrogens (tertiary/aromatic N) is 2. The summed E-state index contributed by atoms with van der Waals surface area (Å²) < 4.78 is 8.77. The zero-order valence-electron chi connectivity index (χ0n) is 43.5. The van der Waals surface area contributed by atoms with Gasteiger partial charge in [-0.1, -0.05) is 231 Å². The number of benzene rings is 13. The van der Waals surface area contributed by atoms with Gasteiger partial charge in [0.25, 0.3) is 0 Å². The number of rotatable bonds is 7. The van der Waals surface area contributed by atoms with Crippen LogP contribution in [0.5, 0.6) is 0 Å². The predicted octanol–water partition coefficient (Wildman–Crippen LogP) is 20.7. The summed E-state index contributed by atoms with van der Waals surface area (Å²) in [5.41, 5.74) is 25.4. The van der Waals surface area contributed by atoms with E-state index in [0.29, 0.717) is 0 Å². The maximum Gasteiger partial charge on any atom is 0.135 e. The molecule has 1 aliphatic heterocycles. The molecule has 1 spiro atoms. The maximum absolute atomic E-state index is 6.24. The molecule has 80 heavy (non-hydrogen) atoms. The third kappa shape index (κ3) is 6.31. The second-order valence-electron chi connectivity index (χ2n) is 21.4. The van der Waals surface area contributed by atoms with Gasteiger partial charge in [-0.2, -0.15) is 0 Å². The van der Waals surface area contributed by atoms with Crippen LogP contribution in [0, 0.1) is 0 Å². The lowest BCUT2D eigenvalue weighted by Gasteiger charge is -2.39. The van der Waals surface area contributed by atoms with Crippen LogP contribution in [-0.2, 0) is 5.41 Å². The first-order valence-corrected chi connectivity index (χ1v) is 27.7. The van der Waals surface area contributed by atoms with Crippen molar-refractivity contribution in [1.29, 1.82) is 0 Å². The Morgan fingerprint density at radius 1 is 0.287 bits per heavy atom. The van der Waals surface area contributed by atoms with Crippen molar-refractivity contribution in [2.24, 2.45) is 0 Å². The number of furan rings is 1. The average molecular weight is 1020 g/mol. The van der Waals surface area contributed by atoms with E-state index in [4.69, 9.17) is 4.42 Å². The summed E-state index contributed by atoms with van der Waals surface area (Å²) in [6.45, 7) is 0. The van der Waals surface area contributed by atoms with Crippen molar-refractivity contribution < 1.29 is 4.42 Å². The van der Waals surface area contributed by atoms with Crippen molar-refractivity contribution >= 4 is 71.6 Å². The van der Waals surface area contributed by atoms with Crippen molar-refractivity contribution in [3.63, 3.8) is 0 Å². The molecule has 3 heteroatoms. The van der Waals surface area contributed by atoms with Gasteiger partial charge in [-0.15, -0.1) is 0 Å². The summed E-state index contributed by atoms with van der Waals surface area (Å²) in [5.74, 6) is 0. The number of aromatic nitrogens is 1. The van der Waals surface area contributed by atoms with Crippen LogP contribution >= 0.6 is 0 Å². The second kappa shape index (κ2) is 17.3.